The van der Waals surface area contributed by atoms with Crippen molar-refractivity contribution >= 4 is 17.2 Å². The summed E-state index contributed by atoms with van der Waals surface area (Å²) in [6.45, 7) is 1.91. The van der Waals surface area contributed by atoms with Crippen LogP contribution in [-0.2, 0) is 5.41 Å². The molecule has 124 valence electrons. The van der Waals surface area contributed by atoms with Crippen LogP contribution in [0.2, 0.25) is 0 Å². The highest BCUT2D eigenvalue weighted by Gasteiger charge is 2.49. The number of hydrogen-bond donors (Lipinski definition) is 0. The van der Waals surface area contributed by atoms with Crippen LogP contribution in [0.5, 0.6) is 0 Å². The van der Waals surface area contributed by atoms with Gasteiger partial charge in [-0.3, -0.25) is 4.99 Å². The van der Waals surface area contributed by atoms with Crippen LogP contribution in [0, 0.1) is 0 Å². The van der Waals surface area contributed by atoms with Crippen molar-refractivity contribution in [2.24, 2.45) is 4.99 Å². The Bertz CT molecular complexity index is 845. The van der Waals surface area contributed by atoms with Crippen molar-refractivity contribution in [3.8, 4) is 0 Å². The summed E-state index contributed by atoms with van der Waals surface area (Å²) in [5.41, 5.74) is 2.88. The van der Waals surface area contributed by atoms with Gasteiger partial charge in [0.05, 0.1) is 17.5 Å². The van der Waals surface area contributed by atoms with Crippen LogP contribution < -0.4 is 0 Å². The average molecular weight is 344 g/mol. The molecule has 1 saturated heterocycles. The molecule has 0 saturated carbocycles. The first-order valence-corrected chi connectivity index (χ1v) is 9.71. The third-order valence-corrected chi connectivity index (χ3v) is 6.45. The predicted molar refractivity (Wildman–Crippen MR) is 104 cm³/mol. The quantitative estimate of drug-likeness (QED) is 0.679. The van der Waals surface area contributed by atoms with Crippen LogP contribution in [-0.4, -0.2) is 29.9 Å². The van der Waals surface area contributed by atoms with E-state index in [2.05, 4.69) is 83.1 Å². The van der Waals surface area contributed by atoms with Gasteiger partial charge in [-0.1, -0.05) is 66.7 Å². The Morgan fingerprint density at radius 3 is 2.16 bits per heavy atom. The minimum absolute atomic E-state index is 0.0473. The highest BCUT2D eigenvalue weighted by molar-refractivity contribution is 7.12. The Hall–Kier alpha value is -2.39. The molecule has 0 aliphatic carbocycles. The number of thiophene rings is 1. The molecule has 1 fully saturated rings. The summed E-state index contributed by atoms with van der Waals surface area (Å²) in [6, 6.07) is 26.8. The molecule has 0 amide bonds. The fourth-order valence-corrected chi connectivity index (χ4v) is 5.16. The summed E-state index contributed by atoms with van der Waals surface area (Å²) in [7, 11) is 0. The van der Waals surface area contributed by atoms with Crippen molar-refractivity contribution in [3.05, 3.63) is 94.2 Å². The summed E-state index contributed by atoms with van der Waals surface area (Å²) in [5.74, 6) is 1.19. The van der Waals surface area contributed by atoms with Gasteiger partial charge in [-0.15, -0.1) is 11.3 Å². The molecule has 2 aliphatic heterocycles. The van der Waals surface area contributed by atoms with Crippen LogP contribution in [0.15, 0.2) is 83.2 Å². The third-order valence-electron chi connectivity index (χ3n) is 5.58. The highest BCUT2D eigenvalue weighted by Crippen LogP contribution is 2.45. The minimum Gasteiger partial charge on any atom is -0.350 e. The van der Waals surface area contributed by atoms with Crippen molar-refractivity contribution in [1.82, 2.24) is 4.90 Å². The van der Waals surface area contributed by atoms with E-state index < -0.39 is 0 Å². The van der Waals surface area contributed by atoms with Gasteiger partial charge >= 0.3 is 0 Å². The van der Waals surface area contributed by atoms with Gasteiger partial charge in [0.1, 0.15) is 5.84 Å². The van der Waals surface area contributed by atoms with E-state index in [-0.39, 0.29) is 5.41 Å². The maximum absolute atomic E-state index is 4.87. The normalized spacial score (nSPS) is 21.2. The Kier molecular flexibility index (Phi) is 3.49. The molecule has 1 unspecified atom stereocenters. The van der Waals surface area contributed by atoms with E-state index in [1.807, 2.05) is 0 Å². The fraction of sp³-hybridized carbons (Fsp3) is 0.227. The van der Waals surface area contributed by atoms with Crippen LogP contribution in [0.4, 0.5) is 0 Å². The maximum atomic E-state index is 4.87. The van der Waals surface area contributed by atoms with Gasteiger partial charge in [-0.2, -0.15) is 0 Å². The van der Waals surface area contributed by atoms with Crippen LogP contribution in [0.1, 0.15) is 22.4 Å². The molecule has 0 N–H and O–H groups in total. The van der Waals surface area contributed by atoms with Crippen molar-refractivity contribution in [3.63, 3.8) is 0 Å². The molecule has 1 atom stereocenters. The van der Waals surface area contributed by atoms with E-state index in [1.54, 1.807) is 11.3 Å². The largest absolute Gasteiger partial charge is 0.350 e. The molecule has 25 heavy (non-hydrogen) atoms. The van der Waals surface area contributed by atoms with Gasteiger partial charge in [0.2, 0.25) is 0 Å². The van der Waals surface area contributed by atoms with E-state index in [4.69, 9.17) is 4.99 Å². The zero-order valence-electron chi connectivity index (χ0n) is 14.0. The number of fused-ring (bicyclic) bond motifs is 1. The van der Waals surface area contributed by atoms with Crippen LogP contribution in [0.3, 0.4) is 0 Å². The van der Waals surface area contributed by atoms with Crippen molar-refractivity contribution < 1.29 is 0 Å². The number of benzene rings is 2. The van der Waals surface area contributed by atoms with E-state index in [1.165, 1.54) is 21.8 Å². The van der Waals surface area contributed by atoms with Crippen molar-refractivity contribution in [1.29, 1.82) is 0 Å². The number of aliphatic imine (C=N–C) groups is 1. The summed E-state index contributed by atoms with van der Waals surface area (Å²) in [5, 5.41) is 2.14. The number of hydrogen-bond acceptors (Lipinski definition) is 3. The molecule has 2 aromatic carbocycles. The Morgan fingerprint density at radius 1 is 0.880 bits per heavy atom. The van der Waals surface area contributed by atoms with Crippen molar-refractivity contribution in [2.75, 3.05) is 13.1 Å². The van der Waals surface area contributed by atoms with Gasteiger partial charge in [0, 0.05) is 12.0 Å². The highest BCUT2D eigenvalue weighted by atomic mass is 32.1. The van der Waals surface area contributed by atoms with E-state index in [0.717, 1.165) is 19.5 Å². The Balaban J connectivity index is 1.59. The molecular weight excluding hydrogens is 324 g/mol. The zero-order chi connectivity index (χ0) is 16.7. The zero-order valence-corrected chi connectivity index (χ0v) is 14.8. The van der Waals surface area contributed by atoms with E-state index >= 15 is 0 Å². The molecule has 3 heterocycles. The SMILES string of the molecule is c1ccc(C2(c3ccccc3)CC3CN=C(c4cccs4)N3C2)cc1. The summed E-state index contributed by atoms with van der Waals surface area (Å²) >= 11 is 1.79. The van der Waals surface area contributed by atoms with Gasteiger partial charge in [0.15, 0.2) is 0 Å². The second kappa shape index (κ2) is 5.85. The second-order valence-electron chi connectivity index (χ2n) is 6.94. The van der Waals surface area contributed by atoms with E-state index in [0.29, 0.717) is 6.04 Å². The first-order chi connectivity index (χ1) is 12.4. The first kappa shape index (κ1) is 14.9. The van der Waals surface area contributed by atoms with Crippen LogP contribution in [0.25, 0.3) is 0 Å². The molecule has 0 bridgehead atoms. The van der Waals surface area contributed by atoms with E-state index in [9.17, 15) is 0 Å². The van der Waals surface area contributed by atoms with Gasteiger partial charge in [-0.05, 0) is 29.0 Å². The smallest absolute Gasteiger partial charge is 0.141 e. The van der Waals surface area contributed by atoms with Crippen LogP contribution >= 0.6 is 11.3 Å². The Morgan fingerprint density at radius 2 is 1.56 bits per heavy atom. The maximum Gasteiger partial charge on any atom is 0.141 e. The fourth-order valence-electron chi connectivity index (χ4n) is 4.42. The lowest BCUT2D eigenvalue weighted by Gasteiger charge is -2.31. The summed E-state index contributed by atoms with van der Waals surface area (Å²) < 4.78 is 0. The molecular formula is C22H20N2S. The molecule has 3 aromatic rings. The second-order valence-corrected chi connectivity index (χ2v) is 7.89. The molecule has 2 aliphatic rings. The third kappa shape index (κ3) is 2.34. The molecule has 5 rings (SSSR count). The summed E-state index contributed by atoms with van der Waals surface area (Å²) in [4.78, 5) is 8.71. The van der Waals surface area contributed by atoms with Gasteiger partial charge < -0.3 is 4.90 Å². The summed E-state index contributed by atoms with van der Waals surface area (Å²) in [6.07, 6.45) is 1.12. The number of nitrogens with zero attached hydrogens (tertiary/aromatic N) is 2. The molecule has 0 radical (unpaired) electrons. The lowest BCUT2D eigenvalue weighted by atomic mass is 9.73. The van der Waals surface area contributed by atoms with Gasteiger partial charge in [0.25, 0.3) is 0 Å². The predicted octanol–water partition coefficient (Wildman–Crippen LogP) is 4.57. The number of amidine groups is 1. The standard InChI is InChI=1S/C22H20N2S/c1-3-8-17(9-4-1)22(18-10-5-2-6-11-18)14-19-15-23-21(24(19)16-22)20-12-7-13-25-20/h1-13,19H,14-16H2. The average Bonchev–Trinajstić information content (AvgIpc) is 3.39. The molecule has 1 aromatic heterocycles. The van der Waals surface area contributed by atoms with Crippen molar-refractivity contribution in [2.45, 2.75) is 17.9 Å². The Labute approximate surface area is 152 Å². The minimum atomic E-state index is 0.0473. The topological polar surface area (TPSA) is 15.6 Å². The lowest BCUT2D eigenvalue weighted by molar-refractivity contribution is 0.425. The molecule has 0 spiro atoms. The molecule has 3 heteroatoms. The molecule has 2 nitrogen and oxygen atoms in total. The monoisotopic (exact) mass is 344 g/mol. The lowest BCUT2D eigenvalue weighted by Crippen LogP contribution is -2.35. The first-order valence-electron chi connectivity index (χ1n) is 8.83. The number of rotatable bonds is 3. The van der Waals surface area contributed by atoms with Gasteiger partial charge in [-0.25, -0.2) is 0 Å².